The van der Waals surface area contributed by atoms with Crippen LogP contribution in [0.2, 0.25) is 0 Å². The van der Waals surface area contributed by atoms with Crippen molar-refractivity contribution in [3.63, 3.8) is 0 Å². The van der Waals surface area contributed by atoms with Crippen molar-refractivity contribution in [1.29, 1.82) is 0 Å². The second kappa shape index (κ2) is 7.13. The van der Waals surface area contributed by atoms with Crippen LogP contribution in [0, 0.1) is 0 Å². The van der Waals surface area contributed by atoms with Gasteiger partial charge in [0.2, 0.25) is 11.7 Å². The van der Waals surface area contributed by atoms with Crippen molar-refractivity contribution in [2.75, 3.05) is 7.05 Å². The second-order valence-corrected chi connectivity index (χ2v) is 6.20. The molecule has 1 aliphatic rings. The molecular weight excluding hydrogens is 314 g/mol. The molecule has 1 amide bonds. The Hall–Kier alpha value is -1.88. The van der Waals surface area contributed by atoms with E-state index >= 15 is 0 Å². The fourth-order valence-electron chi connectivity index (χ4n) is 3.03. The van der Waals surface area contributed by atoms with Gasteiger partial charge in [0.05, 0.1) is 0 Å². The van der Waals surface area contributed by atoms with E-state index in [1.54, 1.807) is 0 Å². The Bertz CT molecular complexity index is 663. The summed E-state index contributed by atoms with van der Waals surface area (Å²) < 4.78 is 5.00. The van der Waals surface area contributed by atoms with Gasteiger partial charge < -0.3 is 9.42 Å². The number of benzene rings is 1. The van der Waals surface area contributed by atoms with Gasteiger partial charge in [-0.05, 0) is 25.0 Å². The molecule has 1 heterocycles. The number of carbonyl (C=O) groups excluding carboxylic acids is 1. The maximum Gasteiger partial charge on any atom is 0.253 e. The van der Waals surface area contributed by atoms with Gasteiger partial charge >= 0.3 is 0 Å². The number of hydrogen-bond donors (Lipinski definition) is 0. The molecule has 0 unspecified atom stereocenters. The molecule has 0 saturated heterocycles. The van der Waals surface area contributed by atoms with E-state index < -0.39 is 0 Å². The molecule has 0 radical (unpaired) electrons. The van der Waals surface area contributed by atoms with E-state index in [1.807, 2.05) is 36.2 Å². The lowest BCUT2D eigenvalue weighted by Crippen LogP contribution is -2.38. The zero-order valence-electron chi connectivity index (χ0n) is 13.2. The van der Waals surface area contributed by atoms with Gasteiger partial charge in [-0.3, -0.25) is 4.79 Å². The summed E-state index contributed by atoms with van der Waals surface area (Å²) in [5, 5.41) is 3.87. The van der Waals surface area contributed by atoms with Crippen LogP contribution in [-0.2, 0) is 5.88 Å². The third kappa shape index (κ3) is 3.55. The van der Waals surface area contributed by atoms with E-state index in [4.69, 9.17) is 16.1 Å². The first-order valence-electron chi connectivity index (χ1n) is 7.95. The number of rotatable bonds is 4. The minimum Gasteiger partial charge on any atom is -0.339 e. The number of aromatic nitrogens is 2. The Morgan fingerprint density at radius 2 is 1.96 bits per heavy atom. The van der Waals surface area contributed by atoms with Crippen LogP contribution in [-0.4, -0.2) is 34.0 Å². The van der Waals surface area contributed by atoms with E-state index in [9.17, 15) is 4.79 Å². The number of halogens is 1. The van der Waals surface area contributed by atoms with Crippen LogP contribution in [0.4, 0.5) is 0 Å². The van der Waals surface area contributed by atoms with Crippen LogP contribution in [0.5, 0.6) is 0 Å². The van der Waals surface area contributed by atoms with Gasteiger partial charge in [-0.2, -0.15) is 4.98 Å². The number of amides is 1. The highest BCUT2D eigenvalue weighted by molar-refractivity contribution is 6.16. The molecule has 0 atom stereocenters. The molecule has 23 heavy (non-hydrogen) atoms. The molecule has 0 N–H and O–H groups in total. The van der Waals surface area contributed by atoms with Crippen LogP contribution < -0.4 is 0 Å². The molecule has 6 heteroatoms. The molecule has 3 rings (SSSR count). The molecule has 1 aromatic carbocycles. The summed E-state index contributed by atoms with van der Waals surface area (Å²) in [4.78, 5) is 18.7. The largest absolute Gasteiger partial charge is 0.339 e. The Labute approximate surface area is 140 Å². The monoisotopic (exact) mass is 333 g/mol. The molecule has 122 valence electrons. The first kappa shape index (κ1) is 16.0. The maximum atomic E-state index is 12.6. The van der Waals surface area contributed by atoms with Crippen molar-refractivity contribution in [3.05, 3.63) is 35.7 Å². The first-order valence-corrected chi connectivity index (χ1v) is 8.48. The molecular formula is C17H20ClN3O2. The summed E-state index contributed by atoms with van der Waals surface area (Å²) in [5.41, 5.74) is 1.49. The SMILES string of the molecule is CN(C(=O)c1ccc(-c2noc(CCl)n2)cc1)C1CCCCC1. The third-order valence-corrected chi connectivity index (χ3v) is 4.64. The molecule has 1 fully saturated rings. The van der Waals surface area contributed by atoms with Gasteiger partial charge in [0.15, 0.2) is 0 Å². The lowest BCUT2D eigenvalue weighted by atomic mass is 9.94. The fraction of sp³-hybridized carbons (Fsp3) is 0.471. The Balaban J connectivity index is 1.72. The Kier molecular flexibility index (Phi) is 4.96. The zero-order valence-corrected chi connectivity index (χ0v) is 13.9. The van der Waals surface area contributed by atoms with E-state index in [-0.39, 0.29) is 11.8 Å². The van der Waals surface area contributed by atoms with Crippen molar-refractivity contribution in [1.82, 2.24) is 15.0 Å². The van der Waals surface area contributed by atoms with Crippen molar-refractivity contribution in [2.24, 2.45) is 0 Å². The summed E-state index contributed by atoms with van der Waals surface area (Å²) in [7, 11) is 1.90. The van der Waals surface area contributed by atoms with E-state index in [0.717, 1.165) is 18.4 Å². The topological polar surface area (TPSA) is 59.2 Å². The Morgan fingerprint density at radius 1 is 1.26 bits per heavy atom. The lowest BCUT2D eigenvalue weighted by Gasteiger charge is -2.31. The average Bonchev–Trinajstić information content (AvgIpc) is 3.10. The van der Waals surface area contributed by atoms with Crippen molar-refractivity contribution >= 4 is 17.5 Å². The molecule has 0 bridgehead atoms. The van der Waals surface area contributed by atoms with E-state index in [2.05, 4.69) is 10.1 Å². The van der Waals surface area contributed by atoms with Crippen LogP contribution in [0.25, 0.3) is 11.4 Å². The quantitative estimate of drug-likeness (QED) is 0.797. The summed E-state index contributed by atoms with van der Waals surface area (Å²) in [6, 6.07) is 7.66. The van der Waals surface area contributed by atoms with E-state index in [0.29, 0.717) is 23.3 Å². The predicted molar refractivity (Wildman–Crippen MR) is 88.3 cm³/mol. The highest BCUT2D eigenvalue weighted by atomic mass is 35.5. The van der Waals surface area contributed by atoms with Gasteiger partial charge in [-0.15, -0.1) is 11.6 Å². The molecule has 0 aliphatic heterocycles. The summed E-state index contributed by atoms with van der Waals surface area (Å²) in [5.74, 6) is 1.13. The number of carbonyl (C=O) groups is 1. The zero-order chi connectivity index (χ0) is 16.2. The molecule has 1 aliphatic carbocycles. The minimum absolute atomic E-state index is 0.0676. The van der Waals surface area contributed by atoms with Gasteiger partial charge in [0.25, 0.3) is 5.91 Å². The van der Waals surface area contributed by atoms with Gasteiger partial charge in [-0.25, -0.2) is 0 Å². The average molecular weight is 334 g/mol. The maximum absolute atomic E-state index is 12.6. The normalized spacial score (nSPS) is 15.6. The summed E-state index contributed by atoms with van der Waals surface area (Å²) in [6.45, 7) is 0. The smallest absolute Gasteiger partial charge is 0.253 e. The molecule has 2 aromatic rings. The van der Waals surface area contributed by atoms with Crippen LogP contribution >= 0.6 is 11.6 Å². The predicted octanol–water partition coefficient (Wildman–Crippen LogP) is 3.88. The Morgan fingerprint density at radius 3 is 2.57 bits per heavy atom. The molecule has 5 nitrogen and oxygen atoms in total. The van der Waals surface area contributed by atoms with Crippen molar-refractivity contribution < 1.29 is 9.32 Å². The molecule has 1 saturated carbocycles. The van der Waals surface area contributed by atoms with Gasteiger partial charge in [0, 0.05) is 24.2 Å². The summed E-state index contributed by atoms with van der Waals surface area (Å²) in [6.07, 6.45) is 5.90. The van der Waals surface area contributed by atoms with E-state index in [1.165, 1.54) is 19.3 Å². The van der Waals surface area contributed by atoms with Gasteiger partial charge in [-0.1, -0.05) is 36.6 Å². The molecule has 1 aromatic heterocycles. The van der Waals surface area contributed by atoms with Crippen LogP contribution in [0.15, 0.2) is 28.8 Å². The van der Waals surface area contributed by atoms with Crippen LogP contribution in [0.3, 0.4) is 0 Å². The second-order valence-electron chi connectivity index (χ2n) is 5.93. The van der Waals surface area contributed by atoms with Crippen molar-refractivity contribution in [2.45, 2.75) is 44.0 Å². The lowest BCUT2D eigenvalue weighted by molar-refractivity contribution is 0.0696. The number of hydrogen-bond acceptors (Lipinski definition) is 4. The standard InChI is InChI=1S/C17H20ClN3O2/c1-21(14-5-3-2-4-6-14)17(22)13-9-7-12(8-10-13)16-19-15(11-18)23-20-16/h7-10,14H,2-6,11H2,1H3. The summed E-state index contributed by atoms with van der Waals surface area (Å²) >= 11 is 5.66. The number of alkyl halides is 1. The minimum atomic E-state index is 0.0676. The van der Waals surface area contributed by atoms with Crippen molar-refractivity contribution in [3.8, 4) is 11.4 Å². The first-order chi connectivity index (χ1) is 11.2. The van der Waals surface area contributed by atoms with Gasteiger partial charge in [0.1, 0.15) is 5.88 Å². The fourth-order valence-corrected chi connectivity index (χ4v) is 3.13. The highest BCUT2D eigenvalue weighted by Gasteiger charge is 2.23. The molecule has 0 spiro atoms. The number of nitrogens with zero attached hydrogens (tertiary/aromatic N) is 3. The van der Waals surface area contributed by atoms with Crippen LogP contribution in [0.1, 0.15) is 48.4 Å². The third-order valence-electron chi connectivity index (χ3n) is 4.42. The highest BCUT2D eigenvalue weighted by Crippen LogP contribution is 2.23.